The van der Waals surface area contributed by atoms with Crippen LogP contribution in [-0.4, -0.2) is 7.11 Å². The number of hydrazine groups is 1. The van der Waals surface area contributed by atoms with Crippen LogP contribution in [0, 0.1) is 5.82 Å². The van der Waals surface area contributed by atoms with Gasteiger partial charge in [-0.3, -0.25) is 5.84 Å². The number of ether oxygens (including phenoxy) is 1. The fraction of sp³-hybridized carbons (Fsp3) is 0.143. The Bertz CT molecular complexity index is 604. The smallest absolute Gasteiger partial charge is 0.170 e. The number of rotatable bonds is 4. The van der Waals surface area contributed by atoms with Crippen molar-refractivity contribution in [2.45, 2.75) is 6.04 Å². The first-order valence-corrected chi connectivity index (χ1v) is 6.98. The molecule has 0 aliphatic heterocycles. The summed E-state index contributed by atoms with van der Waals surface area (Å²) in [6.45, 7) is 0. The van der Waals surface area contributed by atoms with E-state index in [0.29, 0.717) is 10.6 Å². The van der Waals surface area contributed by atoms with E-state index in [1.807, 2.05) is 6.07 Å². The fourth-order valence-electron chi connectivity index (χ4n) is 2.02. The van der Waals surface area contributed by atoms with Crippen molar-refractivity contribution in [3.63, 3.8) is 0 Å². The molecule has 2 aromatic rings. The van der Waals surface area contributed by atoms with Crippen molar-refractivity contribution < 1.29 is 9.13 Å². The van der Waals surface area contributed by atoms with Crippen LogP contribution in [-0.2, 0) is 0 Å². The van der Waals surface area contributed by atoms with Gasteiger partial charge in [0.25, 0.3) is 0 Å². The van der Waals surface area contributed by atoms with E-state index in [1.165, 1.54) is 7.11 Å². The Morgan fingerprint density at radius 1 is 1.35 bits per heavy atom. The summed E-state index contributed by atoms with van der Waals surface area (Å²) in [5, 5.41) is 0.540. The van der Waals surface area contributed by atoms with Crippen LogP contribution in [0.2, 0.25) is 5.02 Å². The monoisotopic (exact) mass is 358 g/mol. The minimum Gasteiger partial charge on any atom is -0.494 e. The summed E-state index contributed by atoms with van der Waals surface area (Å²) in [6.07, 6.45) is 0. The number of benzene rings is 2. The van der Waals surface area contributed by atoms with Gasteiger partial charge in [0.2, 0.25) is 0 Å². The number of nitrogens with two attached hydrogens (primary N) is 1. The molecule has 0 bridgehead atoms. The molecular weight excluding hydrogens is 347 g/mol. The van der Waals surface area contributed by atoms with Gasteiger partial charge < -0.3 is 4.74 Å². The van der Waals surface area contributed by atoms with Crippen molar-refractivity contribution in [1.82, 2.24) is 5.43 Å². The van der Waals surface area contributed by atoms with Crippen LogP contribution < -0.4 is 16.0 Å². The second-order valence-electron chi connectivity index (χ2n) is 4.17. The van der Waals surface area contributed by atoms with Gasteiger partial charge in [0.05, 0.1) is 13.2 Å². The van der Waals surface area contributed by atoms with Crippen LogP contribution in [0.15, 0.2) is 40.9 Å². The highest BCUT2D eigenvalue weighted by molar-refractivity contribution is 9.10. The molecule has 106 valence electrons. The molecule has 0 radical (unpaired) electrons. The quantitative estimate of drug-likeness (QED) is 0.645. The Hall–Kier alpha value is -1.14. The summed E-state index contributed by atoms with van der Waals surface area (Å²) in [6, 6.07) is 9.70. The zero-order valence-electron chi connectivity index (χ0n) is 10.7. The molecule has 1 unspecified atom stereocenters. The van der Waals surface area contributed by atoms with Gasteiger partial charge in [0.15, 0.2) is 11.6 Å². The molecule has 3 N–H and O–H groups in total. The van der Waals surface area contributed by atoms with Crippen molar-refractivity contribution >= 4 is 27.5 Å². The molecule has 1 atom stereocenters. The van der Waals surface area contributed by atoms with Gasteiger partial charge in [-0.05, 0) is 29.8 Å². The molecule has 0 saturated carbocycles. The molecule has 0 aliphatic carbocycles. The summed E-state index contributed by atoms with van der Waals surface area (Å²) < 4.78 is 20.1. The van der Waals surface area contributed by atoms with Crippen LogP contribution in [0.5, 0.6) is 5.75 Å². The Labute approximate surface area is 130 Å². The topological polar surface area (TPSA) is 47.3 Å². The van der Waals surface area contributed by atoms with Gasteiger partial charge in [-0.25, -0.2) is 9.82 Å². The minimum absolute atomic E-state index is 0.170. The van der Waals surface area contributed by atoms with Crippen LogP contribution >= 0.6 is 27.5 Å². The predicted molar refractivity (Wildman–Crippen MR) is 81.3 cm³/mol. The normalized spacial score (nSPS) is 12.2. The zero-order valence-corrected chi connectivity index (χ0v) is 13.0. The van der Waals surface area contributed by atoms with E-state index in [2.05, 4.69) is 21.4 Å². The average Bonchev–Trinajstić information content (AvgIpc) is 2.40. The molecule has 3 nitrogen and oxygen atoms in total. The summed E-state index contributed by atoms with van der Waals surface area (Å²) >= 11 is 9.38. The summed E-state index contributed by atoms with van der Waals surface area (Å²) in [5.41, 5.74) is 3.75. The average molecular weight is 360 g/mol. The Balaban J connectivity index is 2.52. The first-order chi connectivity index (χ1) is 9.56. The van der Waals surface area contributed by atoms with Gasteiger partial charge in [0, 0.05) is 15.1 Å². The first kappa shape index (κ1) is 15.3. The third kappa shape index (κ3) is 3.12. The van der Waals surface area contributed by atoms with Gasteiger partial charge >= 0.3 is 0 Å². The third-order valence-corrected chi connectivity index (χ3v) is 3.59. The highest BCUT2D eigenvalue weighted by atomic mass is 79.9. The highest BCUT2D eigenvalue weighted by Gasteiger charge is 2.19. The largest absolute Gasteiger partial charge is 0.494 e. The second kappa shape index (κ2) is 6.54. The van der Waals surface area contributed by atoms with Gasteiger partial charge in [-0.15, -0.1) is 0 Å². The maximum absolute atomic E-state index is 14.3. The van der Waals surface area contributed by atoms with E-state index >= 15 is 0 Å². The molecule has 0 spiro atoms. The number of hydrogen-bond acceptors (Lipinski definition) is 3. The van der Waals surface area contributed by atoms with Gasteiger partial charge in [0.1, 0.15) is 0 Å². The molecule has 2 aromatic carbocycles. The lowest BCUT2D eigenvalue weighted by molar-refractivity contribution is 0.381. The minimum atomic E-state index is -0.528. The maximum Gasteiger partial charge on any atom is 0.170 e. The summed E-state index contributed by atoms with van der Waals surface area (Å²) in [4.78, 5) is 0. The number of methoxy groups -OCH3 is 1. The Morgan fingerprint density at radius 3 is 2.70 bits per heavy atom. The molecule has 0 fully saturated rings. The Morgan fingerprint density at radius 2 is 2.10 bits per heavy atom. The molecule has 0 heterocycles. The van der Waals surface area contributed by atoms with E-state index in [-0.39, 0.29) is 5.75 Å². The SMILES string of the molecule is COc1cccc(C(NN)c2cc(Cl)cc(Br)c2)c1F. The number of halogens is 3. The molecule has 20 heavy (non-hydrogen) atoms. The highest BCUT2D eigenvalue weighted by Crippen LogP contribution is 2.31. The molecule has 0 aliphatic rings. The van der Waals surface area contributed by atoms with E-state index < -0.39 is 11.9 Å². The maximum atomic E-state index is 14.3. The van der Waals surface area contributed by atoms with Gasteiger partial charge in [-0.1, -0.05) is 39.7 Å². The lowest BCUT2D eigenvalue weighted by atomic mass is 9.98. The van der Waals surface area contributed by atoms with Crippen LogP contribution in [0.3, 0.4) is 0 Å². The summed E-state index contributed by atoms with van der Waals surface area (Å²) in [5.74, 6) is 5.30. The summed E-state index contributed by atoms with van der Waals surface area (Å²) in [7, 11) is 1.42. The van der Waals surface area contributed by atoms with E-state index in [0.717, 1.165) is 10.0 Å². The standard InChI is InChI=1S/C14H13BrClFN2O/c1-20-12-4-2-3-11(13(12)17)14(19-18)8-5-9(15)7-10(16)6-8/h2-7,14,19H,18H2,1H3. The molecule has 0 aromatic heterocycles. The zero-order chi connectivity index (χ0) is 14.7. The molecule has 0 amide bonds. The lowest BCUT2D eigenvalue weighted by Crippen LogP contribution is -2.29. The van der Waals surface area contributed by atoms with E-state index in [9.17, 15) is 4.39 Å². The van der Waals surface area contributed by atoms with E-state index in [1.54, 1.807) is 30.3 Å². The molecule has 2 rings (SSSR count). The van der Waals surface area contributed by atoms with Crippen molar-refractivity contribution in [2.75, 3.05) is 7.11 Å². The van der Waals surface area contributed by atoms with E-state index in [4.69, 9.17) is 22.2 Å². The van der Waals surface area contributed by atoms with Crippen molar-refractivity contribution in [1.29, 1.82) is 0 Å². The van der Waals surface area contributed by atoms with Crippen molar-refractivity contribution in [3.05, 3.63) is 62.8 Å². The van der Waals surface area contributed by atoms with Crippen LogP contribution in [0.25, 0.3) is 0 Å². The van der Waals surface area contributed by atoms with Gasteiger partial charge in [-0.2, -0.15) is 0 Å². The predicted octanol–water partition coefficient (Wildman–Crippen LogP) is 3.80. The van der Waals surface area contributed by atoms with Crippen molar-refractivity contribution in [3.8, 4) is 5.75 Å². The second-order valence-corrected chi connectivity index (χ2v) is 5.52. The Kier molecular flexibility index (Phi) is 4.99. The lowest BCUT2D eigenvalue weighted by Gasteiger charge is -2.19. The molecule has 0 saturated heterocycles. The molecular formula is C14H13BrClFN2O. The van der Waals surface area contributed by atoms with Crippen molar-refractivity contribution in [2.24, 2.45) is 5.84 Å². The first-order valence-electron chi connectivity index (χ1n) is 5.81. The number of nitrogens with one attached hydrogen (secondary N) is 1. The van der Waals surface area contributed by atoms with Crippen LogP contribution in [0.4, 0.5) is 4.39 Å². The fourth-order valence-corrected chi connectivity index (χ4v) is 2.90. The molecule has 6 heteroatoms. The third-order valence-electron chi connectivity index (χ3n) is 2.91. The number of hydrogen-bond donors (Lipinski definition) is 2. The van der Waals surface area contributed by atoms with Crippen LogP contribution in [0.1, 0.15) is 17.2 Å².